The normalized spacial score (nSPS) is 26.3. The second-order valence-electron chi connectivity index (χ2n) is 7.33. The monoisotopic (exact) mass is 433 g/mol. The standard InChI is InChI=1S/C18H23Cl2NO4.CH2O2/c1-17(24)6-9-25-18(16(17)23)4-7-21(8-5-18)15(22)11-12-2-3-13(19)14(20)10-12;2-1-3/h2-3,10,16,23-24H,4-9,11H2,1H3;1H,(H,2,3)/t16-,17+;/m0./s1. The third-order valence-electron chi connectivity index (χ3n) is 5.39. The highest BCUT2D eigenvalue weighted by Gasteiger charge is 2.52. The van der Waals surface area contributed by atoms with E-state index in [1.165, 1.54) is 0 Å². The molecule has 2 heterocycles. The van der Waals surface area contributed by atoms with Crippen LogP contribution in [0.1, 0.15) is 31.7 Å². The molecule has 1 aromatic rings. The fraction of sp³-hybridized carbons (Fsp3) is 0.579. The van der Waals surface area contributed by atoms with Gasteiger partial charge in [-0.1, -0.05) is 29.3 Å². The molecule has 1 amide bonds. The summed E-state index contributed by atoms with van der Waals surface area (Å²) in [6, 6.07) is 5.19. The molecular weight excluding hydrogens is 409 g/mol. The summed E-state index contributed by atoms with van der Waals surface area (Å²) in [7, 11) is 0. The third kappa shape index (κ3) is 5.15. The molecule has 3 rings (SSSR count). The Morgan fingerprint density at radius 2 is 1.89 bits per heavy atom. The number of amides is 1. The first kappa shape index (κ1) is 22.9. The van der Waals surface area contributed by atoms with Crippen LogP contribution in [0.2, 0.25) is 10.0 Å². The van der Waals surface area contributed by atoms with E-state index in [1.807, 2.05) is 0 Å². The zero-order valence-corrected chi connectivity index (χ0v) is 17.1. The van der Waals surface area contributed by atoms with Gasteiger partial charge in [-0.2, -0.15) is 0 Å². The molecule has 2 saturated heterocycles. The fourth-order valence-electron chi connectivity index (χ4n) is 3.73. The van der Waals surface area contributed by atoms with Crippen molar-refractivity contribution in [1.29, 1.82) is 0 Å². The van der Waals surface area contributed by atoms with Gasteiger partial charge in [0.25, 0.3) is 6.47 Å². The first-order valence-electron chi connectivity index (χ1n) is 8.99. The minimum absolute atomic E-state index is 0.00491. The Bertz CT molecular complexity index is 704. The van der Waals surface area contributed by atoms with Crippen LogP contribution in [0.5, 0.6) is 0 Å². The van der Waals surface area contributed by atoms with Gasteiger partial charge < -0.3 is 25.0 Å². The second kappa shape index (κ2) is 9.41. The average Bonchev–Trinajstić information content (AvgIpc) is 2.64. The number of likely N-dealkylation sites (tertiary alicyclic amines) is 1. The van der Waals surface area contributed by atoms with Crippen molar-refractivity contribution in [3.05, 3.63) is 33.8 Å². The molecule has 2 aliphatic heterocycles. The topological polar surface area (TPSA) is 107 Å². The summed E-state index contributed by atoms with van der Waals surface area (Å²) in [4.78, 5) is 22.7. The maximum Gasteiger partial charge on any atom is 0.290 e. The quantitative estimate of drug-likeness (QED) is 0.616. The predicted molar refractivity (Wildman–Crippen MR) is 105 cm³/mol. The lowest BCUT2D eigenvalue weighted by Gasteiger charge is -2.51. The SMILES string of the molecule is C[C@@]1(O)CCOC2(CCN(C(=O)Cc3ccc(Cl)c(Cl)c3)CC2)[C@H]1O.O=CO. The van der Waals surface area contributed by atoms with Gasteiger partial charge in [0.1, 0.15) is 11.7 Å². The Hall–Kier alpha value is -1.38. The van der Waals surface area contributed by atoms with Crippen LogP contribution in [0, 0.1) is 0 Å². The van der Waals surface area contributed by atoms with E-state index in [2.05, 4.69) is 0 Å². The van der Waals surface area contributed by atoms with Gasteiger partial charge in [0, 0.05) is 19.5 Å². The molecule has 0 radical (unpaired) electrons. The van der Waals surface area contributed by atoms with Crippen molar-refractivity contribution < 1.29 is 29.6 Å². The molecule has 2 aliphatic rings. The van der Waals surface area contributed by atoms with Gasteiger partial charge in [-0.05, 0) is 37.5 Å². The van der Waals surface area contributed by atoms with Crippen LogP contribution in [0.4, 0.5) is 0 Å². The largest absolute Gasteiger partial charge is 0.483 e. The number of aliphatic hydroxyl groups excluding tert-OH is 1. The van der Waals surface area contributed by atoms with Gasteiger partial charge in [0.05, 0.1) is 28.7 Å². The van der Waals surface area contributed by atoms with E-state index >= 15 is 0 Å². The van der Waals surface area contributed by atoms with Crippen molar-refractivity contribution in [2.45, 2.75) is 49.9 Å². The smallest absolute Gasteiger partial charge is 0.290 e. The van der Waals surface area contributed by atoms with Gasteiger partial charge in [0.15, 0.2) is 0 Å². The number of piperidine rings is 1. The molecule has 0 unspecified atom stereocenters. The molecular formula is C19H25Cl2NO6. The number of nitrogens with zero attached hydrogens (tertiary/aromatic N) is 1. The van der Waals surface area contributed by atoms with Crippen molar-refractivity contribution in [1.82, 2.24) is 4.90 Å². The van der Waals surface area contributed by atoms with Gasteiger partial charge >= 0.3 is 0 Å². The Morgan fingerprint density at radius 3 is 2.46 bits per heavy atom. The zero-order valence-electron chi connectivity index (χ0n) is 15.6. The lowest BCUT2D eigenvalue weighted by atomic mass is 9.75. The molecule has 2 atom stereocenters. The maximum absolute atomic E-state index is 12.5. The average molecular weight is 434 g/mol. The number of halogens is 2. The highest BCUT2D eigenvalue weighted by molar-refractivity contribution is 6.42. The van der Waals surface area contributed by atoms with Gasteiger partial charge in [-0.25, -0.2) is 0 Å². The summed E-state index contributed by atoms with van der Waals surface area (Å²) in [6.45, 7) is 2.80. The maximum atomic E-state index is 12.5. The van der Waals surface area contributed by atoms with E-state index < -0.39 is 17.3 Å². The Balaban J connectivity index is 0.000000878. The van der Waals surface area contributed by atoms with E-state index in [1.54, 1.807) is 30.0 Å². The Kier molecular flexibility index (Phi) is 7.70. The summed E-state index contributed by atoms with van der Waals surface area (Å²) >= 11 is 11.9. The first-order valence-corrected chi connectivity index (χ1v) is 9.75. The molecule has 28 heavy (non-hydrogen) atoms. The number of hydrogen-bond acceptors (Lipinski definition) is 5. The number of carbonyl (C=O) groups excluding carboxylic acids is 1. The molecule has 9 heteroatoms. The number of benzene rings is 1. The van der Waals surface area contributed by atoms with Crippen molar-refractivity contribution in [2.24, 2.45) is 0 Å². The van der Waals surface area contributed by atoms with Crippen LogP contribution in [-0.2, 0) is 20.7 Å². The molecule has 2 fully saturated rings. The van der Waals surface area contributed by atoms with E-state index in [9.17, 15) is 15.0 Å². The summed E-state index contributed by atoms with van der Waals surface area (Å²) in [6.07, 6.45) is 0.747. The lowest BCUT2D eigenvalue weighted by molar-refractivity contribution is -0.245. The van der Waals surface area contributed by atoms with Gasteiger partial charge in [0.2, 0.25) is 5.91 Å². The summed E-state index contributed by atoms with van der Waals surface area (Å²) < 4.78 is 5.85. The van der Waals surface area contributed by atoms with Gasteiger partial charge in [-0.15, -0.1) is 0 Å². The van der Waals surface area contributed by atoms with E-state index in [4.69, 9.17) is 37.8 Å². The summed E-state index contributed by atoms with van der Waals surface area (Å²) in [5, 5.41) is 28.7. The van der Waals surface area contributed by atoms with Crippen molar-refractivity contribution >= 4 is 35.6 Å². The molecule has 0 aliphatic carbocycles. The number of carboxylic acid groups (broad SMARTS) is 1. The van der Waals surface area contributed by atoms with Gasteiger partial charge in [-0.3, -0.25) is 9.59 Å². The number of hydrogen-bond donors (Lipinski definition) is 3. The van der Waals surface area contributed by atoms with Crippen molar-refractivity contribution in [2.75, 3.05) is 19.7 Å². The van der Waals surface area contributed by atoms with Crippen LogP contribution in [-0.4, -0.2) is 69.6 Å². The fourth-order valence-corrected chi connectivity index (χ4v) is 4.05. The third-order valence-corrected chi connectivity index (χ3v) is 6.13. The second-order valence-corrected chi connectivity index (χ2v) is 8.15. The van der Waals surface area contributed by atoms with Crippen LogP contribution in [0.3, 0.4) is 0 Å². The van der Waals surface area contributed by atoms with Crippen molar-refractivity contribution in [3.8, 4) is 0 Å². The van der Waals surface area contributed by atoms with E-state index in [-0.39, 0.29) is 18.8 Å². The number of aliphatic hydroxyl groups is 2. The molecule has 3 N–H and O–H groups in total. The molecule has 1 spiro atoms. The molecule has 7 nitrogen and oxygen atoms in total. The van der Waals surface area contributed by atoms with Crippen LogP contribution >= 0.6 is 23.2 Å². The summed E-state index contributed by atoms with van der Waals surface area (Å²) in [5.41, 5.74) is -1.09. The molecule has 0 aromatic heterocycles. The van der Waals surface area contributed by atoms with Crippen LogP contribution < -0.4 is 0 Å². The minimum atomic E-state index is -1.15. The summed E-state index contributed by atoms with van der Waals surface area (Å²) in [5.74, 6) is 0.00491. The Morgan fingerprint density at radius 1 is 1.29 bits per heavy atom. The predicted octanol–water partition coefficient (Wildman–Crippen LogP) is 2.13. The lowest BCUT2D eigenvalue weighted by Crippen LogP contribution is -2.64. The van der Waals surface area contributed by atoms with E-state index in [0.717, 1.165) is 5.56 Å². The minimum Gasteiger partial charge on any atom is -0.483 e. The molecule has 0 saturated carbocycles. The first-order chi connectivity index (χ1) is 13.1. The molecule has 0 bridgehead atoms. The Labute approximate surface area is 173 Å². The highest BCUT2D eigenvalue weighted by Crippen LogP contribution is 2.39. The number of rotatable bonds is 2. The van der Waals surface area contributed by atoms with Crippen LogP contribution in [0.25, 0.3) is 0 Å². The highest BCUT2D eigenvalue weighted by atomic mass is 35.5. The van der Waals surface area contributed by atoms with Crippen LogP contribution in [0.15, 0.2) is 18.2 Å². The number of ether oxygens (including phenoxy) is 1. The van der Waals surface area contributed by atoms with Crippen molar-refractivity contribution in [3.63, 3.8) is 0 Å². The number of carbonyl (C=O) groups is 2. The molecule has 1 aromatic carbocycles. The zero-order chi connectivity index (χ0) is 20.9. The van der Waals surface area contributed by atoms with E-state index in [0.29, 0.717) is 49.0 Å². The molecule has 156 valence electrons.